The summed E-state index contributed by atoms with van der Waals surface area (Å²) in [5, 5.41) is 11.0. The minimum atomic E-state index is -0.630. The molecule has 0 heterocycles. The molecule has 0 aromatic carbocycles. The molecular formula is C33H50O4. The van der Waals surface area contributed by atoms with Crippen molar-refractivity contribution in [2.45, 2.75) is 112 Å². The summed E-state index contributed by atoms with van der Waals surface area (Å²) in [7, 11) is 0. The molecule has 0 saturated heterocycles. The highest BCUT2D eigenvalue weighted by Crippen LogP contribution is 2.77. The largest absolute Gasteiger partial charge is 0.393 e. The van der Waals surface area contributed by atoms with Crippen molar-refractivity contribution in [2.75, 3.05) is 0 Å². The van der Waals surface area contributed by atoms with Crippen LogP contribution in [0.1, 0.15) is 106 Å². The fraction of sp³-hybridized carbons (Fsp3) is 0.818. The van der Waals surface area contributed by atoms with E-state index in [1.807, 2.05) is 0 Å². The standard InChI is InChI=1S/C33H50O4/c1-9-26(35)37-28(36)33-17-12-21(20(2)3)27(33)22-10-11-24-30(6)15-14-25(34)29(4,5)23(30)13-16-32(24,8)31(22,7)18-19-33/h9,21-25,27,34H,1-2,10-19H2,3-8H3/t21-,22?,23?,24?,25-,27?,30-,31+,32+,33-/m0/s1. The molecule has 0 aromatic heterocycles. The molecule has 5 fully saturated rings. The Balaban J connectivity index is 1.54. The molecule has 0 bridgehead atoms. The highest BCUT2D eigenvalue weighted by atomic mass is 16.6. The lowest BCUT2D eigenvalue weighted by atomic mass is 9.32. The Labute approximate surface area is 224 Å². The number of aliphatic hydroxyl groups is 1. The Morgan fingerprint density at radius 2 is 1.57 bits per heavy atom. The lowest BCUT2D eigenvalue weighted by Gasteiger charge is -2.72. The summed E-state index contributed by atoms with van der Waals surface area (Å²) >= 11 is 0. The number of carbonyl (C=O) groups excluding carboxylic acids is 2. The normalized spacial score (nSPS) is 50.0. The van der Waals surface area contributed by atoms with E-state index in [4.69, 9.17) is 4.74 Å². The van der Waals surface area contributed by atoms with Gasteiger partial charge in [-0.1, -0.05) is 53.3 Å². The van der Waals surface area contributed by atoms with Crippen molar-refractivity contribution < 1.29 is 19.4 Å². The number of hydrogen-bond donors (Lipinski definition) is 1. The third-order valence-electron chi connectivity index (χ3n) is 13.8. The smallest absolute Gasteiger partial charge is 0.337 e. The predicted molar refractivity (Wildman–Crippen MR) is 146 cm³/mol. The fourth-order valence-corrected chi connectivity index (χ4v) is 11.7. The van der Waals surface area contributed by atoms with E-state index in [2.05, 4.69) is 54.7 Å². The van der Waals surface area contributed by atoms with E-state index in [1.54, 1.807) is 0 Å². The van der Waals surface area contributed by atoms with Crippen LogP contribution in [0, 0.1) is 56.7 Å². The highest BCUT2D eigenvalue weighted by molar-refractivity contribution is 5.94. The number of rotatable bonds is 3. The van der Waals surface area contributed by atoms with Gasteiger partial charge in [0, 0.05) is 6.08 Å². The zero-order valence-electron chi connectivity index (χ0n) is 24.2. The van der Waals surface area contributed by atoms with E-state index in [9.17, 15) is 14.7 Å². The molecule has 5 rings (SSSR count). The van der Waals surface area contributed by atoms with E-state index >= 15 is 0 Å². The van der Waals surface area contributed by atoms with Crippen LogP contribution < -0.4 is 0 Å². The first-order chi connectivity index (χ1) is 17.2. The van der Waals surface area contributed by atoms with Gasteiger partial charge in [0.05, 0.1) is 11.5 Å². The molecule has 37 heavy (non-hydrogen) atoms. The summed E-state index contributed by atoms with van der Waals surface area (Å²) in [6.45, 7) is 22.3. The number of allylic oxidation sites excluding steroid dienone is 1. The number of fused-ring (bicyclic) bond motifs is 7. The average Bonchev–Trinajstić information content (AvgIpc) is 3.23. The van der Waals surface area contributed by atoms with Crippen LogP contribution in [0.15, 0.2) is 24.8 Å². The summed E-state index contributed by atoms with van der Waals surface area (Å²) < 4.78 is 5.39. The van der Waals surface area contributed by atoms with Crippen LogP contribution in [0.4, 0.5) is 0 Å². The first-order valence-electron chi connectivity index (χ1n) is 14.9. The number of esters is 2. The van der Waals surface area contributed by atoms with E-state index < -0.39 is 11.4 Å². The SMILES string of the molecule is C=CC(=O)OC(=O)[C@]12CC[C@@H](C(=C)C)C1C1CCC3[C@@]4(C)CC[C@H](O)C(C)(C)C4CC[C@@]3(C)[C@]1(C)CC2. The number of ether oxygens (including phenoxy) is 1. The van der Waals surface area contributed by atoms with Gasteiger partial charge in [0.15, 0.2) is 0 Å². The monoisotopic (exact) mass is 510 g/mol. The van der Waals surface area contributed by atoms with Crippen LogP contribution in [0.25, 0.3) is 0 Å². The van der Waals surface area contributed by atoms with Crippen molar-refractivity contribution in [1.82, 2.24) is 0 Å². The molecule has 5 aliphatic rings. The minimum absolute atomic E-state index is 0.0499. The Kier molecular flexibility index (Phi) is 6.27. The van der Waals surface area contributed by atoms with Gasteiger partial charge in [-0.3, -0.25) is 4.79 Å². The molecular weight excluding hydrogens is 460 g/mol. The Bertz CT molecular complexity index is 1010. The third kappa shape index (κ3) is 3.42. The van der Waals surface area contributed by atoms with Crippen molar-refractivity contribution in [3.8, 4) is 0 Å². The summed E-state index contributed by atoms with van der Waals surface area (Å²) in [5.41, 5.74) is 1.08. The zero-order valence-corrected chi connectivity index (χ0v) is 24.2. The van der Waals surface area contributed by atoms with Gasteiger partial charge in [-0.25, -0.2) is 4.79 Å². The molecule has 0 amide bonds. The van der Waals surface area contributed by atoms with Gasteiger partial charge >= 0.3 is 11.9 Å². The second-order valence-corrected chi connectivity index (χ2v) is 15.1. The molecule has 5 saturated carbocycles. The van der Waals surface area contributed by atoms with E-state index in [0.717, 1.165) is 51.0 Å². The van der Waals surface area contributed by atoms with Gasteiger partial charge < -0.3 is 9.84 Å². The Hall–Kier alpha value is -1.42. The average molecular weight is 511 g/mol. The van der Waals surface area contributed by atoms with Crippen LogP contribution in [0.5, 0.6) is 0 Å². The topological polar surface area (TPSA) is 63.6 Å². The van der Waals surface area contributed by atoms with E-state index in [0.29, 0.717) is 23.7 Å². The van der Waals surface area contributed by atoms with Crippen LogP contribution in [0.3, 0.4) is 0 Å². The van der Waals surface area contributed by atoms with Crippen molar-refractivity contribution in [2.24, 2.45) is 56.7 Å². The van der Waals surface area contributed by atoms with Gasteiger partial charge in [0.25, 0.3) is 0 Å². The summed E-state index contributed by atoms with van der Waals surface area (Å²) in [6.07, 6.45) is 11.1. The number of hydrogen-bond acceptors (Lipinski definition) is 4. The van der Waals surface area contributed by atoms with E-state index in [1.165, 1.54) is 24.8 Å². The molecule has 10 atom stereocenters. The summed E-state index contributed by atoms with van der Waals surface area (Å²) in [5.74, 6) is 1.11. The molecule has 0 spiro atoms. The van der Waals surface area contributed by atoms with Gasteiger partial charge in [-0.05, 0) is 122 Å². The van der Waals surface area contributed by atoms with Crippen molar-refractivity contribution in [3.05, 3.63) is 24.8 Å². The molecule has 0 aromatic rings. The predicted octanol–water partition coefficient (Wildman–Crippen LogP) is 7.26. The van der Waals surface area contributed by atoms with Crippen molar-refractivity contribution in [3.63, 3.8) is 0 Å². The molecule has 4 unspecified atom stereocenters. The minimum Gasteiger partial charge on any atom is -0.393 e. The van der Waals surface area contributed by atoms with Crippen molar-refractivity contribution >= 4 is 11.9 Å². The first-order valence-corrected chi connectivity index (χ1v) is 14.9. The van der Waals surface area contributed by atoms with Crippen LogP contribution in [-0.4, -0.2) is 23.1 Å². The maximum atomic E-state index is 13.7. The zero-order chi connectivity index (χ0) is 27.2. The van der Waals surface area contributed by atoms with E-state index in [-0.39, 0.29) is 39.7 Å². The Morgan fingerprint density at radius 3 is 2.22 bits per heavy atom. The lowest BCUT2D eigenvalue weighted by molar-refractivity contribution is -0.248. The highest BCUT2D eigenvalue weighted by Gasteiger charge is 2.72. The fourth-order valence-electron chi connectivity index (χ4n) is 11.7. The second kappa shape index (κ2) is 8.54. The first kappa shape index (κ1) is 27.2. The molecule has 1 N–H and O–H groups in total. The molecule has 4 heteroatoms. The third-order valence-corrected chi connectivity index (χ3v) is 13.8. The van der Waals surface area contributed by atoms with Gasteiger partial charge in [-0.15, -0.1) is 0 Å². The summed E-state index contributed by atoms with van der Waals surface area (Å²) in [4.78, 5) is 25.8. The van der Waals surface area contributed by atoms with Crippen LogP contribution >= 0.6 is 0 Å². The molecule has 0 aliphatic heterocycles. The van der Waals surface area contributed by atoms with Gasteiger partial charge in [-0.2, -0.15) is 0 Å². The quantitative estimate of drug-likeness (QED) is 0.188. The maximum Gasteiger partial charge on any atom is 0.337 e. The maximum absolute atomic E-state index is 13.7. The number of carbonyl (C=O) groups is 2. The number of aliphatic hydroxyl groups excluding tert-OH is 1. The van der Waals surface area contributed by atoms with Gasteiger partial charge in [0.2, 0.25) is 0 Å². The van der Waals surface area contributed by atoms with Crippen LogP contribution in [0.2, 0.25) is 0 Å². The molecule has 5 aliphatic carbocycles. The second-order valence-electron chi connectivity index (χ2n) is 15.1. The Morgan fingerprint density at radius 1 is 0.865 bits per heavy atom. The van der Waals surface area contributed by atoms with Crippen LogP contribution in [-0.2, 0) is 14.3 Å². The molecule has 4 nitrogen and oxygen atoms in total. The molecule has 206 valence electrons. The molecule has 0 radical (unpaired) electrons. The van der Waals surface area contributed by atoms with Crippen molar-refractivity contribution in [1.29, 1.82) is 0 Å². The summed E-state index contributed by atoms with van der Waals surface area (Å²) in [6, 6.07) is 0. The van der Waals surface area contributed by atoms with Gasteiger partial charge in [0.1, 0.15) is 0 Å². The lowest BCUT2D eigenvalue weighted by Crippen LogP contribution is -2.67.